The molecule has 8 nitrogen and oxygen atoms in total. The minimum atomic E-state index is -0.385. The summed E-state index contributed by atoms with van der Waals surface area (Å²) in [5.41, 5.74) is 0.799. The highest BCUT2D eigenvalue weighted by molar-refractivity contribution is 7.18. The first kappa shape index (κ1) is 14.9. The smallest absolute Gasteiger partial charge is 0.287 e. The molecule has 3 heterocycles. The molecule has 1 aliphatic carbocycles. The van der Waals surface area contributed by atoms with Gasteiger partial charge in [0, 0.05) is 23.9 Å². The van der Waals surface area contributed by atoms with Gasteiger partial charge >= 0.3 is 0 Å². The molecule has 24 heavy (non-hydrogen) atoms. The van der Waals surface area contributed by atoms with Crippen LogP contribution in [0.15, 0.2) is 15.8 Å². The number of H-pyrrole nitrogens is 3. The Morgan fingerprint density at radius 2 is 2.17 bits per heavy atom. The number of rotatable bonds is 4. The van der Waals surface area contributed by atoms with Gasteiger partial charge in [-0.1, -0.05) is 0 Å². The maximum Gasteiger partial charge on any atom is 0.287 e. The molecule has 1 aliphatic rings. The third kappa shape index (κ3) is 2.56. The molecule has 4 rings (SSSR count). The van der Waals surface area contributed by atoms with Crippen LogP contribution in [0, 0.1) is 0 Å². The fourth-order valence-corrected chi connectivity index (χ4v) is 4.29. The molecule has 9 heteroatoms. The van der Waals surface area contributed by atoms with Crippen LogP contribution >= 0.6 is 11.3 Å². The molecule has 3 aromatic rings. The van der Waals surface area contributed by atoms with E-state index in [-0.39, 0.29) is 29.1 Å². The highest BCUT2D eigenvalue weighted by Crippen LogP contribution is 2.34. The summed E-state index contributed by atoms with van der Waals surface area (Å²) >= 11 is 1.57. The van der Waals surface area contributed by atoms with Gasteiger partial charge in [0.15, 0.2) is 0 Å². The van der Waals surface area contributed by atoms with Crippen LogP contribution in [0.4, 0.5) is 5.69 Å². The number of amides is 1. The van der Waals surface area contributed by atoms with Crippen LogP contribution in [-0.2, 0) is 24.1 Å². The van der Waals surface area contributed by atoms with Crippen LogP contribution in [0.25, 0.3) is 10.2 Å². The van der Waals surface area contributed by atoms with E-state index >= 15 is 0 Å². The fourth-order valence-electron chi connectivity index (χ4n) is 3.01. The maximum atomic E-state index is 12.3. The van der Waals surface area contributed by atoms with Gasteiger partial charge in [-0.2, -0.15) is 0 Å². The summed E-state index contributed by atoms with van der Waals surface area (Å²) < 4.78 is 0. The fraction of sp³-hybridized carbons (Fsp3) is 0.333. The van der Waals surface area contributed by atoms with Gasteiger partial charge in [-0.15, -0.1) is 11.3 Å². The van der Waals surface area contributed by atoms with E-state index in [9.17, 15) is 14.4 Å². The molecule has 3 aromatic heterocycles. The van der Waals surface area contributed by atoms with Crippen LogP contribution in [-0.4, -0.2) is 26.1 Å². The van der Waals surface area contributed by atoms with Gasteiger partial charge in [0.1, 0.15) is 16.3 Å². The number of carbonyl (C=O) groups is 1. The Labute approximate surface area is 139 Å². The van der Waals surface area contributed by atoms with Crippen molar-refractivity contribution in [2.24, 2.45) is 0 Å². The molecular formula is C15H15N5O3S. The summed E-state index contributed by atoms with van der Waals surface area (Å²) in [6.45, 7) is 0. The minimum absolute atomic E-state index is 0.128. The molecule has 4 N–H and O–H groups in total. The average molecular weight is 345 g/mol. The van der Waals surface area contributed by atoms with Gasteiger partial charge in [0.05, 0.1) is 5.39 Å². The van der Waals surface area contributed by atoms with Crippen molar-refractivity contribution in [1.82, 2.24) is 20.2 Å². The van der Waals surface area contributed by atoms with Crippen LogP contribution < -0.4 is 16.4 Å². The summed E-state index contributed by atoms with van der Waals surface area (Å²) in [6.07, 6.45) is 4.87. The highest BCUT2D eigenvalue weighted by atomic mass is 32.1. The van der Waals surface area contributed by atoms with Crippen LogP contribution in [0.3, 0.4) is 0 Å². The number of carbonyl (C=O) groups excluding carboxylic acids is 1. The molecule has 0 aliphatic heterocycles. The first-order chi connectivity index (χ1) is 11.6. The number of aromatic nitrogens is 4. The van der Waals surface area contributed by atoms with Crippen molar-refractivity contribution >= 4 is 33.1 Å². The molecule has 1 amide bonds. The predicted molar refractivity (Wildman–Crippen MR) is 90.6 cm³/mol. The number of aryl methyl sites for hydroxylation is 3. The SMILES string of the molecule is O=C(CCc1nc2sc3c(c2c(=O)[nH]1)CCC3)Nc1c[nH][nH]c1=O. The molecular weight excluding hydrogens is 330 g/mol. The zero-order chi connectivity index (χ0) is 16.7. The third-order valence-electron chi connectivity index (χ3n) is 4.13. The summed E-state index contributed by atoms with van der Waals surface area (Å²) in [6, 6.07) is 0. The largest absolute Gasteiger partial charge is 0.320 e. The molecule has 124 valence electrons. The number of hydrogen-bond acceptors (Lipinski definition) is 5. The van der Waals surface area contributed by atoms with E-state index in [1.807, 2.05) is 0 Å². The molecule has 0 aromatic carbocycles. The Bertz CT molecular complexity index is 1040. The van der Waals surface area contributed by atoms with E-state index in [0.717, 1.165) is 29.7 Å². The van der Waals surface area contributed by atoms with Gasteiger partial charge in [-0.05, 0) is 24.8 Å². The second-order valence-electron chi connectivity index (χ2n) is 5.75. The number of nitrogens with zero attached hydrogens (tertiary/aromatic N) is 1. The van der Waals surface area contributed by atoms with Crippen molar-refractivity contribution in [3.8, 4) is 0 Å². The molecule has 0 fully saturated rings. The normalized spacial score (nSPS) is 13.3. The second-order valence-corrected chi connectivity index (χ2v) is 6.84. The Balaban J connectivity index is 1.51. The maximum absolute atomic E-state index is 12.3. The minimum Gasteiger partial charge on any atom is -0.320 e. The predicted octanol–water partition coefficient (Wildman–Crippen LogP) is 1.06. The molecule has 0 spiro atoms. The summed E-state index contributed by atoms with van der Waals surface area (Å²) in [5.74, 6) is 0.182. The first-order valence-electron chi connectivity index (χ1n) is 7.71. The van der Waals surface area contributed by atoms with E-state index in [1.165, 1.54) is 11.1 Å². The van der Waals surface area contributed by atoms with Crippen molar-refractivity contribution < 1.29 is 4.79 Å². The quantitative estimate of drug-likeness (QED) is 0.564. The van der Waals surface area contributed by atoms with Crippen molar-refractivity contribution in [2.75, 3.05) is 5.32 Å². The van der Waals surface area contributed by atoms with E-state index in [2.05, 4.69) is 25.5 Å². The molecule has 0 saturated heterocycles. The molecule has 0 radical (unpaired) electrons. The number of hydrogen-bond donors (Lipinski definition) is 4. The van der Waals surface area contributed by atoms with E-state index < -0.39 is 0 Å². The monoisotopic (exact) mass is 345 g/mol. The highest BCUT2D eigenvalue weighted by Gasteiger charge is 2.21. The zero-order valence-electron chi connectivity index (χ0n) is 12.7. The van der Waals surface area contributed by atoms with Crippen molar-refractivity contribution in [3.63, 3.8) is 0 Å². The first-order valence-corrected chi connectivity index (χ1v) is 8.53. The summed E-state index contributed by atoms with van der Waals surface area (Å²) in [4.78, 5) is 44.8. The van der Waals surface area contributed by atoms with Gasteiger partial charge in [0.2, 0.25) is 5.91 Å². The summed E-state index contributed by atoms with van der Waals surface area (Å²) in [5, 5.41) is 8.07. The van der Waals surface area contributed by atoms with Crippen LogP contribution in [0.1, 0.15) is 29.1 Å². The Hall–Kier alpha value is -2.68. The van der Waals surface area contributed by atoms with Crippen LogP contribution in [0.5, 0.6) is 0 Å². The van der Waals surface area contributed by atoms with Gasteiger partial charge in [-0.25, -0.2) is 4.98 Å². The molecule has 0 atom stereocenters. The van der Waals surface area contributed by atoms with Crippen molar-refractivity contribution in [2.45, 2.75) is 32.1 Å². The second kappa shape index (κ2) is 5.75. The third-order valence-corrected chi connectivity index (χ3v) is 5.32. The lowest BCUT2D eigenvalue weighted by atomic mass is 10.2. The average Bonchev–Trinajstić information content (AvgIpc) is 3.21. The summed E-state index contributed by atoms with van der Waals surface area (Å²) in [7, 11) is 0. The van der Waals surface area contributed by atoms with Crippen LogP contribution in [0.2, 0.25) is 0 Å². The standard InChI is InChI=1S/C15H15N5O3S/c21-11(17-8-6-16-20-13(8)22)5-4-10-18-14(23)12-7-2-1-3-9(7)24-15(12)19-10/h6H,1-5H2,(H,17,21)(H2,16,20,22)(H,18,19,23). The Morgan fingerprint density at radius 3 is 2.96 bits per heavy atom. The Morgan fingerprint density at radius 1 is 1.29 bits per heavy atom. The van der Waals surface area contributed by atoms with Gasteiger partial charge in [-0.3, -0.25) is 19.5 Å². The lowest BCUT2D eigenvalue weighted by Crippen LogP contribution is -2.18. The van der Waals surface area contributed by atoms with Crippen molar-refractivity contribution in [3.05, 3.63) is 43.2 Å². The molecule has 0 bridgehead atoms. The van der Waals surface area contributed by atoms with Gasteiger partial charge in [0.25, 0.3) is 11.1 Å². The number of nitrogens with one attached hydrogen (secondary N) is 4. The Kier molecular flexibility index (Phi) is 3.57. The van der Waals surface area contributed by atoms with E-state index in [1.54, 1.807) is 11.3 Å². The molecule has 0 saturated carbocycles. The van der Waals surface area contributed by atoms with Crippen molar-refractivity contribution in [1.29, 1.82) is 0 Å². The number of aromatic amines is 3. The van der Waals surface area contributed by atoms with E-state index in [4.69, 9.17) is 0 Å². The lowest BCUT2D eigenvalue weighted by molar-refractivity contribution is -0.116. The number of fused-ring (bicyclic) bond motifs is 3. The lowest BCUT2D eigenvalue weighted by Gasteiger charge is -2.02. The molecule has 0 unspecified atom stereocenters. The van der Waals surface area contributed by atoms with Gasteiger partial charge < -0.3 is 15.4 Å². The zero-order valence-corrected chi connectivity index (χ0v) is 13.5. The topological polar surface area (TPSA) is 123 Å². The number of anilines is 1. The van der Waals surface area contributed by atoms with E-state index in [0.29, 0.717) is 17.6 Å². The number of thiophene rings is 1.